The molecule has 0 unspecified atom stereocenters. The van der Waals surface area contributed by atoms with E-state index in [0.29, 0.717) is 6.20 Å². The number of hydrogen-bond acceptors (Lipinski definition) is 6. The van der Waals surface area contributed by atoms with E-state index in [9.17, 15) is 24.2 Å². The van der Waals surface area contributed by atoms with Gasteiger partial charge in [0.25, 0.3) is 5.56 Å². The molecule has 1 aliphatic rings. The number of aliphatic hydroxyl groups is 3. The van der Waals surface area contributed by atoms with E-state index < -0.39 is 39.9 Å². The summed E-state index contributed by atoms with van der Waals surface area (Å²) in [6.45, 7) is -0.389. The van der Waals surface area contributed by atoms with Gasteiger partial charge in [-0.05, 0) is 0 Å². The van der Waals surface area contributed by atoms with Gasteiger partial charge in [-0.15, -0.1) is 11.8 Å². The monoisotopic (exact) mass is 278 g/mol. The van der Waals surface area contributed by atoms with Gasteiger partial charge in [0.2, 0.25) is 5.82 Å². The van der Waals surface area contributed by atoms with E-state index in [-0.39, 0.29) is 6.61 Å². The van der Waals surface area contributed by atoms with E-state index in [4.69, 9.17) is 5.11 Å². The Kier molecular flexibility index (Phi) is 3.57. The molecule has 18 heavy (non-hydrogen) atoms. The van der Waals surface area contributed by atoms with Gasteiger partial charge in [0, 0.05) is 0 Å². The van der Waals surface area contributed by atoms with Crippen molar-refractivity contribution in [1.29, 1.82) is 0 Å². The fourth-order valence-corrected chi connectivity index (χ4v) is 3.14. The van der Waals surface area contributed by atoms with Gasteiger partial charge in [0.05, 0.1) is 24.2 Å². The van der Waals surface area contributed by atoms with Crippen molar-refractivity contribution in [3.63, 3.8) is 0 Å². The zero-order chi connectivity index (χ0) is 13.4. The van der Waals surface area contributed by atoms with E-state index in [1.807, 2.05) is 0 Å². The molecule has 0 saturated carbocycles. The van der Waals surface area contributed by atoms with E-state index >= 15 is 0 Å². The molecule has 0 radical (unpaired) electrons. The molecule has 7 nitrogen and oxygen atoms in total. The standard InChI is InChI=1S/C9H11FN2O5S/c10-3-1-12(9(17)11-7(3)16)8-6(15)5(14)4(2-13)18-8/h1,4-6,8,13-15H,2H2,(H,11,16,17)/t4-,5-,6-,8-/m0/s1. The molecule has 1 aliphatic heterocycles. The largest absolute Gasteiger partial charge is 0.395 e. The molecule has 0 aromatic carbocycles. The van der Waals surface area contributed by atoms with Crippen molar-refractivity contribution in [2.24, 2.45) is 0 Å². The Bertz CT molecular complexity index is 559. The maximum absolute atomic E-state index is 13.1. The SMILES string of the molecule is O=c1[nH]c(=O)n([C@H]2S[C@@H](CO)[C@H](O)[C@@H]2O)cc1F. The van der Waals surface area contributed by atoms with Gasteiger partial charge in [-0.3, -0.25) is 14.3 Å². The molecule has 1 fully saturated rings. The molecular weight excluding hydrogens is 267 g/mol. The lowest BCUT2D eigenvalue weighted by Crippen LogP contribution is -2.38. The van der Waals surface area contributed by atoms with Crippen LogP contribution in [0.4, 0.5) is 4.39 Å². The first kappa shape index (κ1) is 13.3. The number of aliphatic hydroxyl groups excluding tert-OH is 3. The quantitative estimate of drug-likeness (QED) is 0.497. The lowest BCUT2D eigenvalue weighted by Gasteiger charge is -2.17. The van der Waals surface area contributed by atoms with Crippen LogP contribution in [0.15, 0.2) is 15.8 Å². The van der Waals surface area contributed by atoms with Crippen molar-refractivity contribution in [1.82, 2.24) is 9.55 Å². The Labute approximate surface area is 104 Å². The number of thioether (sulfide) groups is 1. The maximum atomic E-state index is 13.1. The summed E-state index contributed by atoms with van der Waals surface area (Å²) in [6.07, 6.45) is -1.89. The Morgan fingerprint density at radius 1 is 1.39 bits per heavy atom. The molecule has 4 atom stereocenters. The molecule has 2 rings (SSSR count). The molecule has 0 amide bonds. The van der Waals surface area contributed by atoms with Crippen LogP contribution in [0, 0.1) is 5.82 Å². The summed E-state index contributed by atoms with van der Waals surface area (Å²) in [5.41, 5.74) is -2.03. The molecule has 0 bridgehead atoms. The highest BCUT2D eigenvalue weighted by Crippen LogP contribution is 2.40. The highest BCUT2D eigenvalue weighted by molar-refractivity contribution is 8.00. The van der Waals surface area contributed by atoms with E-state index in [1.54, 1.807) is 4.98 Å². The third-order valence-corrected chi connectivity index (χ3v) is 4.28. The molecule has 9 heteroatoms. The fourth-order valence-electron chi connectivity index (χ4n) is 1.76. The highest BCUT2D eigenvalue weighted by Gasteiger charge is 2.43. The molecule has 0 spiro atoms. The Morgan fingerprint density at radius 3 is 2.61 bits per heavy atom. The first-order valence-corrected chi connectivity index (χ1v) is 6.03. The molecule has 4 N–H and O–H groups in total. The smallest absolute Gasteiger partial charge is 0.329 e. The first-order chi connectivity index (χ1) is 8.45. The number of nitrogens with one attached hydrogen (secondary N) is 1. The van der Waals surface area contributed by atoms with Crippen molar-refractivity contribution < 1.29 is 19.7 Å². The number of halogens is 1. The second kappa shape index (κ2) is 4.84. The first-order valence-electron chi connectivity index (χ1n) is 5.09. The summed E-state index contributed by atoms with van der Waals surface area (Å²) in [5, 5.41) is 26.7. The molecular formula is C9H11FN2O5S. The van der Waals surface area contributed by atoms with Gasteiger partial charge in [0.1, 0.15) is 11.5 Å². The average Bonchev–Trinajstić information content (AvgIpc) is 2.61. The van der Waals surface area contributed by atoms with Crippen LogP contribution in [-0.4, -0.2) is 48.9 Å². The van der Waals surface area contributed by atoms with Crippen molar-refractivity contribution in [2.45, 2.75) is 22.8 Å². The van der Waals surface area contributed by atoms with Crippen LogP contribution in [0.2, 0.25) is 0 Å². The van der Waals surface area contributed by atoms with Gasteiger partial charge in [-0.1, -0.05) is 0 Å². The molecule has 1 saturated heterocycles. The van der Waals surface area contributed by atoms with Gasteiger partial charge in [0.15, 0.2) is 0 Å². The summed E-state index contributed by atoms with van der Waals surface area (Å²) >= 11 is 0.933. The number of nitrogens with zero attached hydrogens (tertiary/aromatic N) is 1. The summed E-state index contributed by atoms with van der Waals surface area (Å²) in [4.78, 5) is 24.1. The van der Waals surface area contributed by atoms with Gasteiger partial charge in [-0.2, -0.15) is 4.39 Å². The van der Waals surface area contributed by atoms with Crippen LogP contribution in [0.25, 0.3) is 0 Å². The Hall–Kier alpha value is -1.16. The number of aromatic nitrogens is 2. The van der Waals surface area contributed by atoms with E-state index in [2.05, 4.69) is 0 Å². The predicted molar refractivity (Wildman–Crippen MR) is 60.8 cm³/mol. The molecule has 1 aromatic heterocycles. The molecule has 1 aromatic rings. The summed E-state index contributed by atoms with van der Waals surface area (Å²) in [7, 11) is 0. The third-order valence-electron chi connectivity index (χ3n) is 2.72. The predicted octanol–water partition coefficient (Wildman–Crippen LogP) is -2.00. The number of rotatable bonds is 2. The van der Waals surface area contributed by atoms with Crippen molar-refractivity contribution >= 4 is 11.8 Å². The van der Waals surface area contributed by atoms with Crippen LogP contribution in [0.1, 0.15) is 5.37 Å². The second-order valence-electron chi connectivity index (χ2n) is 3.87. The van der Waals surface area contributed by atoms with Crippen LogP contribution in [0.3, 0.4) is 0 Å². The average molecular weight is 278 g/mol. The molecule has 2 heterocycles. The summed E-state index contributed by atoms with van der Waals surface area (Å²) < 4.78 is 13.9. The van der Waals surface area contributed by atoms with Crippen LogP contribution >= 0.6 is 11.8 Å². The van der Waals surface area contributed by atoms with Gasteiger partial charge < -0.3 is 15.3 Å². The van der Waals surface area contributed by atoms with Gasteiger partial charge >= 0.3 is 5.69 Å². The maximum Gasteiger partial charge on any atom is 0.329 e. The minimum absolute atomic E-state index is 0.389. The lowest BCUT2D eigenvalue weighted by molar-refractivity contribution is 0.00997. The van der Waals surface area contributed by atoms with Crippen LogP contribution < -0.4 is 11.2 Å². The topological polar surface area (TPSA) is 116 Å². The summed E-state index contributed by atoms with van der Waals surface area (Å²) in [6, 6.07) is 0. The minimum Gasteiger partial charge on any atom is -0.395 e. The van der Waals surface area contributed by atoms with Gasteiger partial charge in [-0.25, -0.2) is 4.79 Å². The minimum atomic E-state index is -1.34. The normalized spacial score (nSPS) is 31.8. The van der Waals surface area contributed by atoms with E-state index in [1.165, 1.54) is 0 Å². The van der Waals surface area contributed by atoms with Crippen LogP contribution in [-0.2, 0) is 0 Å². The molecule has 100 valence electrons. The number of hydrogen-bond donors (Lipinski definition) is 4. The van der Waals surface area contributed by atoms with Crippen molar-refractivity contribution in [3.05, 3.63) is 32.9 Å². The number of aromatic amines is 1. The van der Waals surface area contributed by atoms with Crippen LogP contribution in [0.5, 0.6) is 0 Å². The zero-order valence-electron chi connectivity index (χ0n) is 8.99. The van der Waals surface area contributed by atoms with E-state index in [0.717, 1.165) is 16.3 Å². The Balaban J connectivity index is 2.42. The van der Waals surface area contributed by atoms with Crippen molar-refractivity contribution in [2.75, 3.05) is 6.61 Å². The number of H-pyrrole nitrogens is 1. The second-order valence-corrected chi connectivity index (χ2v) is 5.23. The third kappa shape index (κ3) is 2.09. The van der Waals surface area contributed by atoms with Crippen molar-refractivity contribution in [3.8, 4) is 0 Å². The lowest BCUT2D eigenvalue weighted by atomic mass is 10.1. The fraction of sp³-hybridized carbons (Fsp3) is 0.556. The highest BCUT2D eigenvalue weighted by atomic mass is 32.2. The Morgan fingerprint density at radius 2 is 2.06 bits per heavy atom. The zero-order valence-corrected chi connectivity index (χ0v) is 9.80. The summed E-state index contributed by atoms with van der Waals surface area (Å²) in [5.74, 6) is -1.16. The molecule has 0 aliphatic carbocycles.